The highest BCUT2D eigenvalue weighted by molar-refractivity contribution is 7.89. The molecule has 0 spiro atoms. The van der Waals surface area contributed by atoms with Gasteiger partial charge < -0.3 is 10.6 Å². The topological polar surface area (TPSA) is 100 Å². The Balaban J connectivity index is 2.50. The van der Waals surface area contributed by atoms with Gasteiger partial charge in [-0.1, -0.05) is 0 Å². The molecule has 3 N–H and O–H groups in total. The first kappa shape index (κ1) is 14.4. The minimum absolute atomic E-state index is 0.0392. The Morgan fingerprint density at radius 1 is 1.33 bits per heavy atom. The summed E-state index contributed by atoms with van der Waals surface area (Å²) in [5.74, 6) is -0.562. The molecule has 0 radical (unpaired) electrons. The second-order valence-electron chi connectivity index (χ2n) is 3.46. The second-order valence-corrected chi connectivity index (χ2v) is 5.51. The number of aromatic nitrogens is 1. The number of pyridine rings is 1. The predicted octanol–water partition coefficient (Wildman–Crippen LogP) is -0.598. The van der Waals surface area contributed by atoms with Crippen molar-refractivity contribution in [2.75, 3.05) is 31.7 Å². The van der Waals surface area contributed by atoms with Crippen molar-refractivity contribution in [1.82, 2.24) is 15.0 Å². The molecule has 0 aliphatic rings. The first-order valence-electron chi connectivity index (χ1n) is 5.31. The number of sulfonamides is 1. The third kappa shape index (κ3) is 4.30. The van der Waals surface area contributed by atoms with Crippen molar-refractivity contribution >= 4 is 21.6 Å². The summed E-state index contributed by atoms with van der Waals surface area (Å²) < 4.78 is 24.4. The molecule has 0 saturated carbocycles. The van der Waals surface area contributed by atoms with E-state index in [0.29, 0.717) is 0 Å². The first-order valence-corrected chi connectivity index (χ1v) is 6.97. The highest BCUT2D eigenvalue weighted by Gasteiger charge is 2.10. The lowest BCUT2D eigenvalue weighted by Crippen LogP contribution is -2.33. The number of anilines is 1. The van der Waals surface area contributed by atoms with Crippen molar-refractivity contribution in [2.45, 2.75) is 0 Å². The van der Waals surface area contributed by atoms with Gasteiger partial charge in [0.15, 0.2) is 0 Å². The molecular weight excluding hydrogens is 256 g/mol. The van der Waals surface area contributed by atoms with Crippen molar-refractivity contribution < 1.29 is 13.2 Å². The van der Waals surface area contributed by atoms with Gasteiger partial charge in [-0.2, -0.15) is 0 Å². The van der Waals surface area contributed by atoms with Crippen molar-refractivity contribution in [3.05, 3.63) is 24.0 Å². The molecule has 0 fully saturated rings. The number of carbonyl (C=O) groups excluding carboxylic acids is 1. The van der Waals surface area contributed by atoms with Gasteiger partial charge in [0.05, 0.1) is 17.6 Å². The van der Waals surface area contributed by atoms with Gasteiger partial charge >= 0.3 is 0 Å². The fourth-order valence-electron chi connectivity index (χ4n) is 1.17. The molecule has 0 atom stereocenters. The van der Waals surface area contributed by atoms with Crippen LogP contribution >= 0.6 is 0 Å². The summed E-state index contributed by atoms with van der Waals surface area (Å²) in [6, 6.07) is 3.28. The summed E-state index contributed by atoms with van der Waals surface area (Å²) in [5.41, 5.74) is 1.04. The SMILES string of the molecule is CNc1ccc(C(=O)NCCS(=O)(=O)NC)nc1. The summed E-state index contributed by atoms with van der Waals surface area (Å²) in [6.45, 7) is 0.0392. The largest absolute Gasteiger partial charge is 0.387 e. The quantitative estimate of drug-likeness (QED) is 0.642. The monoisotopic (exact) mass is 272 g/mol. The molecule has 1 amide bonds. The number of nitrogens with one attached hydrogen (secondary N) is 3. The highest BCUT2D eigenvalue weighted by atomic mass is 32.2. The minimum atomic E-state index is -3.30. The number of carbonyl (C=O) groups is 1. The van der Waals surface area contributed by atoms with Gasteiger partial charge in [0.25, 0.3) is 5.91 Å². The molecule has 1 rings (SSSR count). The molecule has 8 heteroatoms. The van der Waals surface area contributed by atoms with Gasteiger partial charge in [-0.25, -0.2) is 18.1 Å². The maximum Gasteiger partial charge on any atom is 0.269 e. The highest BCUT2D eigenvalue weighted by Crippen LogP contribution is 2.04. The summed E-state index contributed by atoms with van der Waals surface area (Å²) in [5, 5.41) is 5.37. The van der Waals surface area contributed by atoms with Crippen LogP contribution in [0, 0.1) is 0 Å². The maximum atomic E-state index is 11.6. The maximum absolute atomic E-state index is 11.6. The molecule has 100 valence electrons. The Morgan fingerprint density at radius 2 is 2.06 bits per heavy atom. The van der Waals surface area contributed by atoms with E-state index in [9.17, 15) is 13.2 Å². The third-order valence-electron chi connectivity index (χ3n) is 2.25. The first-order chi connectivity index (χ1) is 8.48. The Bertz CT molecular complexity index is 498. The average molecular weight is 272 g/mol. The molecule has 1 aromatic heterocycles. The van der Waals surface area contributed by atoms with Crippen LogP contribution in [0.5, 0.6) is 0 Å². The van der Waals surface area contributed by atoms with E-state index in [1.807, 2.05) is 0 Å². The van der Waals surface area contributed by atoms with Crippen LogP contribution in [0.3, 0.4) is 0 Å². The summed E-state index contributed by atoms with van der Waals surface area (Å²) >= 11 is 0. The van der Waals surface area contributed by atoms with Crippen LogP contribution in [-0.4, -0.2) is 45.7 Å². The molecule has 7 nitrogen and oxygen atoms in total. The Kier molecular flexibility index (Phi) is 5.05. The van der Waals surface area contributed by atoms with Crippen LogP contribution in [0.25, 0.3) is 0 Å². The lowest BCUT2D eigenvalue weighted by Gasteiger charge is -2.05. The van der Waals surface area contributed by atoms with Crippen LogP contribution in [0.2, 0.25) is 0 Å². The van der Waals surface area contributed by atoms with Crippen molar-refractivity contribution in [3.8, 4) is 0 Å². The molecule has 18 heavy (non-hydrogen) atoms. The van der Waals surface area contributed by atoms with Crippen molar-refractivity contribution in [1.29, 1.82) is 0 Å². The Hall–Kier alpha value is -1.67. The van der Waals surface area contributed by atoms with Crippen LogP contribution in [0.15, 0.2) is 18.3 Å². The van der Waals surface area contributed by atoms with Gasteiger partial charge in [0.2, 0.25) is 10.0 Å². The summed E-state index contributed by atoms with van der Waals surface area (Å²) in [7, 11) is -0.225. The second kappa shape index (κ2) is 6.31. The normalized spacial score (nSPS) is 11.0. The average Bonchev–Trinajstić information content (AvgIpc) is 2.38. The number of nitrogens with zero attached hydrogens (tertiary/aromatic N) is 1. The number of rotatable bonds is 6. The predicted molar refractivity (Wildman–Crippen MR) is 69.0 cm³/mol. The smallest absolute Gasteiger partial charge is 0.269 e. The van der Waals surface area contributed by atoms with Gasteiger partial charge in [-0.05, 0) is 19.2 Å². The van der Waals surface area contributed by atoms with E-state index in [0.717, 1.165) is 5.69 Å². The van der Waals surface area contributed by atoms with E-state index in [-0.39, 0.29) is 18.0 Å². The molecule has 0 aliphatic carbocycles. The molecule has 0 aromatic carbocycles. The van der Waals surface area contributed by atoms with Crippen LogP contribution in [-0.2, 0) is 10.0 Å². The molecular formula is C10H16N4O3S. The van der Waals surface area contributed by atoms with Gasteiger partial charge in [-0.3, -0.25) is 4.79 Å². The van der Waals surface area contributed by atoms with E-state index in [1.54, 1.807) is 19.2 Å². The molecule has 0 bridgehead atoms. The molecule has 0 unspecified atom stereocenters. The molecule has 0 saturated heterocycles. The molecule has 1 heterocycles. The van der Waals surface area contributed by atoms with Crippen LogP contribution in [0.1, 0.15) is 10.5 Å². The number of hydrogen-bond donors (Lipinski definition) is 3. The van der Waals surface area contributed by atoms with E-state index >= 15 is 0 Å². The summed E-state index contributed by atoms with van der Waals surface area (Å²) in [4.78, 5) is 15.6. The Morgan fingerprint density at radius 3 is 2.56 bits per heavy atom. The van der Waals surface area contributed by atoms with Gasteiger partial charge in [0, 0.05) is 13.6 Å². The van der Waals surface area contributed by atoms with E-state index in [4.69, 9.17) is 0 Å². The zero-order valence-electron chi connectivity index (χ0n) is 10.2. The van der Waals surface area contributed by atoms with E-state index in [1.165, 1.54) is 13.2 Å². The van der Waals surface area contributed by atoms with Crippen molar-refractivity contribution in [2.24, 2.45) is 0 Å². The van der Waals surface area contributed by atoms with Crippen LogP contribution in [0.4, 0.5) is 5.69 Å². The zero-order chi connectivity index (χ0) is 13.6. The fraction of sp³-hybridized carbons (Fsp3) is 0.400. The fourth-order valence-corrected chi connectivity index (χ4v) is 1.74. The number of amides is 1. The zero-order valence-corrected chi connectivity index (χ0v) is 11.0. The van der Waals surface area contributed by atoms with E-state index in [2.05, 4.69) is 20.3 Å². The minimum Gasteiger partial charge on any atom is -0.387 e. The van der Waals surface area contributed by atoms with Gasteiger partial charge in [0.1, 0.15) is 5.69 Å². The van der Waals surface area contributed by atoms with E-state index < -0.39 is 15.9 Å². The lowest BCUT2D eigenvalue weighted by molar-refractivity contribution is 0.0951. The summed E-state index contributed by atoms with van der Waals surface area (Å²) in [6.07, 6.45) is 1.53. The lowest BCUT2D eigenvalue weighted by atomic mass is 10.3. The molecule has 1 aromatic rings. The molecule has 0 aliphatic heterocycles. The third-order valence-corrected chi connectivity index (χ3v) is 3.62. The van der Waals surface area contributed by atoms with Gasteiger partial charge in [-0.15, -0.1) is 0 Å². The van der Waals surface area contributed by atoms with Crippen LogP contribution < -0.4 is 15.4 Å². The Labute approximate surface area is 106 Å². The standard InChI is InChI=1S/C10H16N4O3S/c1-11-8-3-4-9(14-7-8)10(15)13-5-6-18(16,17)12-2/h3-4,7,11-12H,5-6H2,1-2H3,(H,13,15). The van der Waals surface area contributed by atoms with Crippen molar-refractivity contribution in [3.63, 3.8) is 0 Å². The number of hydrogen-bond acceptors (Lipinski definition) is 5.